The lowest BCUT2D eigenvalue weighted by molar-refractivity contribution is 0.820. The summed E-state index contributed by atoms with van der Waals surface area (Å²) in [5.41, 5.74) is 9.83. The van der Waals surface area contributed by atoms with Gasteiger partial charge in [-0.2, -0.15) is 5.10 Å². The average molecular weight is 290 g/mol. The van der Waals surface area contributed by atoms with Crippen LogP contribution in [0, 0.1) is 0 Å². The van der Waals surface area contributed by atoms with E-state index in [9.17, 15) is 0 Å². The van der Waals surface area contributed by atoms with Crippen LogP contribution in [0.4, 0.5) is 5.69 Å². The molecule has 6 heteroatoms. The van der Waals surface area contributed by atoms with Crippen LogP contribution in [0.1, 0.15) is 6.42 Å². The Bertz CT molecular complexity index is 701. The smallest absolute Gasteiger partial charge is 0.0686 e. The van der Waals surface area contributed by atoms with Crippen LogP contribution < -0.4 is 10.6 Å². The number of aliphatic imine (C=N–C) groups is 1. The van der Waals surface area contributed by atoms with Gasteiger partial charge >= 0.3 is 0 Å². The molecule has 0 atom stereocenters. The van der Waals surface area contributed by atoms with Crippen molar-refractivity contribution >= 4 is 33.9 Å². The number of aromatic nitrogens is 2. The van der Waals surface area contributed by atoms with Gasteiger partial charge in [-0.3, -0.25) is 10.1 Å². The molecule has 0 saturated carbocycles. The number of halogens is 1. The number of H-pyrrole nitrogens is 1. The van der Waals surface area contributed by atoms with Gasteiger partial charge in [0.15, 0.2) is 0 Å². The number of aromatic amines is 1. The molecule has 104 valence electrons. The minimum Gasteiger partial charge on any atom is -0.404 e. The Balaban J connectivity index is 2.02. The van der Waals surface area contributed by atoms with Crippen molar-refractivity contribution in [2.45, 2.75) is 6.42 Å². The lowest BCUT2D eigenvalue weighted by Gasteiger charge is -2.31. The Morgan fingerprint density at radius 1 is 1.50 bits per heavy atom. The predicted octanol–water partition coefficient (Wildman–Crippen LogP) is 2.34. The zero-order chi connectivity index (χ0) is 14.1. The van der Waals surface area contributed by atoms with E-state index in [1.807, 2.05) is 18.3 Å². The lowest BCUT2D eigenvalue weighted by atomic mass is 10.0. The fourth-order valence-electron chi connectivity index (χ4n) is 2.62. The molecular weight excluding hydrogens is 274 g/mol. The van der Waals surface area contributed by atoms with Crippen LogP contribution >= 0.6 is 11.6 Å². The standard InChI is InChI=1S/C14H16ClN5/c1-17-13-8-20(3-2-9(13)6-16)14-5-10(15)4-12-11(14)7-18-19-12/h4-7H,2-3,8,16H2,1H3,(H,18,19). The number of nitrogens with two attached hydrogens (primary N) is 1. The molecule has 0 spiro atoms. The van der Waals surface area contributed by atoms with E-state index >= 15 is 0 Å². The van der Waals surface area contributed by atoms with Gasteiger partial charge in [0.25, 0.3) is 0 Å². The van der Waals surface area contributed by atoms with E-state index in [-0.39, 0.29) is 0 Å². The molecular formula is C14H16ClN5. The normalized spacial score (nSPS) is 20.2. The molecule has 20 heavy (non-hydrogen) atoms. The number of benzene rings is 1. The highest BCUT2D eigenvalue weighted by Crippen LogP contribution is 2.31. The summed E-state index contributed by atoms with van der Waals surface area (Å²) in [4.78, 5) is 6.60. The molecule has 1 fully saturated rings. The number of piperidine rings is 1. The van der Waals surface area contributed by atoms with E-state index in [2.05, 4.69) is 20.1 Å². The minimum atomic E-state index is 0.701. The van der Waals surface area contributed by atoms with Crippen LogP contribution in [0.5, 0.6) is 0 Å². The predicted molar refractivity (Wildman–Crippen MR) is 83.6 cm³/mol. The fraction of sp³-hybridized carbons (Fsp3) is 0.286. The molecule has 0 bridgehead atoms. The third kappa shape index (κ3) is 2.14. The summed E-state index contributed by atoms with van der Waals surface area (Å²) < 4.78 is 0. The molecule has 5 nitrogen and oxygen atoms in total. The Kier molecular flexibility index (Phi) is 3.36. The first kappa shape index (κ1) is 13.0. The summed E-state index contributed by atoms with van der Waals surface area (Å²) in [5, 5.41) is 8.83. The molecule has 0 aliphatic carbocycles. The second-order valence-electron chi connectivity index (χ2n) is 4.79. The maximum Gasteiger partial charge on any atom is 0.0686 e. The van der Waals surface area contributed by atoms with Crippen LogP contribution in [0.25, 0.3) is 10.9 Å². The summed E-state index contributed by atoms with van der Waals surface area (Å²) in [5.74, 6) is 0. The van der Waals surface area contributed by atoms with Gasteiger partial charge in [-0.1, -0.05) is 11.6 Å². The van der Waals surface area contributed by atoms with Crippen LogP contribution in [-0.4, -0.2) is 36.0 Å². The largest absolute Gasteiger partial charge is 0.404 e. The maximum atomic E-state index is 6.19. The summed E-state index contributed by atoms with van der Waals surface area (Å²) in [7, 11) is 1.80. The maximum absolute atomic E-state index is 6.19. The fourth-order valence-corrected chi connectivity index (χ4v) is 2.83. The first-order valence-corrected chi connectivity index (χ1v) is 6.85. The zero-order valence-corrected chi connectivity index (χ0v) is 12.0. The van der Waals surface area contributed by atoms with E-state index in [1.165, 1.54) is 0 Å². The third-order valence-electron chi connectivity index (χ3n) is 3.68. The zero-order valence-electron chi connectivity index (χ0n) is 11.2. The number of nitrogens with zero attached hydrogens (tertiary/aromatic N) is 3. The van der Waals surface area contributed by atoms with Crippen molar-refractivity contribution < 1.29 is 0 Å². The highest BCUT2D eigenvalue weighted by molar-refractivity contribution is 6.31. The molecule has 3 N–H and O–H groups in total. The third-order valence-corrected chi connectivity index (χ3v) is 3.89. The summed E-state index contributed by atoms with van der Waals surface area (Å²) in [6.45, 7) is 1.63. The molecule has 2 aromatic rings. The first-order chi connectivity index (χ1) is 9.72. The molecule has 1 aromatic heterocycles. The van der Waals surface area contributed by atoms with E-state index in [1.54, 1.807) is 13.2 Å². The number of nitrogens with one attached hydrogen (secondary N) is 1. The van der Waals surface area contributed by atoms with Crippen LogP contribution in [0.3, 0.4) is 0 Å². The van der Waals surface area contributed by atoms with Gasteiger partial charge < -0.3 is 10.6 Å². The summed E-state index contributed by atoms with van der Waals surface area (Å²) in [6.07, 6.45) is 4.37. The van der Waals surface area contributed by atoms with E-state index < -0.39 is 0 Å². The van der Waals surface area contributed by atoms with Crippen LogP contribution in [0.2, 0.25) is 5.02 Å². The first-order valence-electron chi connectivity index (χ1n) is 6.47. The van der Waals surface area contributed by atoms with Crippen LogP contribution in [0.15, 0.2) is 35.1 Å². The Labute approximate surface area is 122 Å². The molecule has 0 unspecified atom stereocenters. The van der Waals surface area contributed by atoms with Gasteiger partial charge in [-0.25, -0.2) is 0 Å². The Hall–Kier alpha value is -2.01. The lowest BCUT2D eigenvalue weighted by Crippen LogP contribution is -2.37. The van der Waals surface area contributed by atoms with Gasteiger partial charge in [-0.05, 0) is 30.3 Å². The molecule has 2 heterocycles. The molecule has 1 saturated heterocycles. The van der Waals surface area contributed by atoms with Crippen molar-refractivity contribution in [2.75, 3.05) is 25.0 Å². The molecule has 1 aliphatic rings. The van der Waals surface area contributed by atoms with E-state index in [0.717, 1.165) is 47.4 Å². The van der Waals surface area contributed by atoms with Gasteiger partial charge in [-0.15, -0.1) is 0 Å². The van der Waals surface area contributed by atoms with Crippen molar-refractivity contribution in [3.05, 3.63) is 35.1 Å². The van der Waals surface area contributed by atoms with E-state index in [4.69, 9.17) is 17.3 Å². The van der Waals surface area contributed by atoms with Crippen molar-refractivity contribution in [2.24, 2.45) is 10.7 Å². The number of hydrogen-bond acceptors (Lipinski definition) is 4. The van der Waals surface area contributed by atoms with Gasteiger partial charge in [0.2, 0.25) is 0 Å². The SMILES string of the molecule is CN=C1CN(c2cc(Cl)cc3[nH]ncc23)CCC1=CN. The van der Waals surface area contributed by atoms with Gasteiger partial charge in [0, 0.05) is 29.7 Å². The number of rotatable bonds is 1. The number of anilines is 1. The highest BCUT2D eigenvalue weighted by atomic mass is 35.5. The second-order valence-corrected chi connectivity index (χ2v) is 5.23. The van der Waals surface area contributed by atoms with Gasteiger partial charge in [0.1, 0.15) is 0 Å². The second kappa shape index (κ2) is 5.17. The molecule has 1 aromatic carbocycles. The van der Waals surface area contributed by atoms with Crippen molar-refractivity contribution in [3.63, 3.8) is 0 Å². The monoisotopic (exact) mass is 289 g/mol. The quantitative estimate of drug-likeness (QED) is 0.846. The highest BCUT2D eigenvalue weighted by Gasteiger charge is 2.21. The molecule has 3 rings (SSSR count). The molecule has 0 amide bonds. The van der Waals surface area contributed by atoms with Crippen molar-refractivity contribution in [1.29, 1.82) is 0 Å². The topological polar surface area (TPSA) is 70.3 Å². The van der Waals surface area contributed by atoms with Crippen molar-refractivity contribution in [3.8, 4) is 0 Å². The number of fused-ring (bicyclic) bond motifs is 1. The molecule has 0 radical (unpaired) electrons. The van der Waals surface area contributed by atoms with Crippen LogP contribution in [-0.2, 0) is 0 Å². The summed E-state index contributed by atoms with van der Waals surface area (Å²) in [6, 6.07) is 3.86. The van der Waals surface area contributed by atoms with E-state index in [0.29, 0.717) is 5.02 Å². The Morgan fingerprint density at radius 2 is 2.35 bits per heavy atom. The van der Waals surface area contributed by atoms with Gasteiger partial charge in [0.05, 0.1) is 24.0 Å². The Morgan fingerprint density at radius 3 is 3.10 bits per heavy atom. The average Bonchev–Trinajstić information content (AvgIpc) is 2.93. The minimum absolute atomic E-state index is 0.701. The summed E-state index contributed by atoms with van der Waals surface area (Å²) >= 11 is 6.19. The number of hydrogen-bond donors (Lipinski definition) is 2. The van der Waals surface area contributed by atoms with Crippen molar-refractivity contribution in [1.82, 2.24) is 10.2 Å². The molecule has 1 aliphatic heterocycles.